The lowest BCUT2D eigenvalue weighted by Gasteiger charge is -2.19. The third kappa shape index (κ3) is 5.35. The molecule has 1 amide bonds. The molecule has 0 aliphatic carbocycles. The second-order valence-corrected chi connectivity index (χ2v) is 6.35. The Balaban J connectivity index is 2.45. The maximum atomic E-state index is 11.4. The average Bonchev–Trinajstić information content (AvgIpc) is 2.19. The van der Waals surface area contributed by atoms with Crippen molar-refractivity contribution >= 4 is 38.0 Å². The standard InChI is InChI=1S/C12H16Br2N2O2/c1-12(2,3)18-11(17)16-6-4-8-9(13)5-7-15-10(8)14/h5,7H,4,6H2,1-3H3,(H,16,17). The number of carbonyl (C=O) groups is 1. The summed E-state index contributed by atoms with van der Waals surface area (Å²) < 4.78 is 6.90. The molecule has 0 spiro atoms. The zero-order chi connectivity index (χ0) is 13.8. The Kier molecular flexibility index (Phi) is 5.59. The molecule has 0 aliphatic heterocycles. The summed E-state index contributed by atoms with van der Waals surface area (Å²) in [6, 6.07) is 1.87. The highest BCUT2D eigenvalue weighted by atomic mass is 79.9. The summed E-state index contributed by atoms with van der Waals surface area (Å²) in [5.74, 6) is 0. The monoisotopic (exact) mass is 378 g/mol. The van der Waals surface area contributed by atoms with Crippen LogP contribution < -0.4 is 5.32 Å². The summed E-state index contributed by atoms with van der Waals surface area (Å²) in [5, 5.41) is 2.71. The van der Waals surface area contributed by atoms with Crippen molar-refractivity contribution in [2.24, 2.45) is 0 Å². The summed E-state index contributed by atoms with van der Waals surface area (Å²) >= 11 is 6.83. The van der Waals surface area contributed by atoms with E-state index < -0.39 is 11.7 Å². The van der Waals surface area contributed by atoms with Gasteiger partial charge in [0.15, 0.2) is 0 Å². The molecular formula is C12H16Br2N2O2. The number of rotatable bonds is 3. The molecule has 0 fully saturated rings. The molecule has 0 unspecified atom stereocenters. The van der Waals surface area contributed by atoms with Gasteiger partial charge in [-0.2, -0.15) is 0 Å². The second-order valence-electron chi connectivity index (χ2n) is 4.74. The molecule has 0 aromatic carbocycles. The minimum absolute atomic E-state index is 0.404. The molecule has 0 saturated heterocycles. The lowest BCUT2D eigenvalue weighted by molar-refractivity contribution is 0.0528. The Bertz CT molecular complexity index is 410. The van der Waals surface area contributed by atoms with E-state index >= 15 is 0 Å². The smallest absolute Gasteiger partial charge is 0.407 e. The van der Waals surface area contributed by atoms with Crippen LogP contribution in [-0.4, -0.2) is 23.2 Å². The van der Waals surface area contributed by atoms with Gasteiger partial charge in [0.2, 0.25) is 0 Å². The van der Waals surface area contributed by atoms with Crippen LogP contribution in [0.5, 0.6) is 0 Å². The van der Waals surface area contributed by atoms with Crippen LogP contribution in [0, 0.1) is 0 Å². The van der Waals surface area contributed by atoms with E-state index in [1.165, 1.54) is 0 Å². The maximum absolute atomic E-state index is 11.4. The maximum Gasteiger partial charge on any atom is 0.407 e. The fourth-order valence-electron chi connectivity index (χ4n) is 1.27. The van der Waals surface area contributed by atoms with Crippen LogP contribution in [-0.2, 0) is 11.2 Å². The van der Waals surface area contributed by atoms with E-state index in [0.29, 0.717) is 13.0 Å². The van der Waals surface area contributed by atoms with E-state index in [1.807, 2.05) is 26.8 Å². The number of nitrogens with one attached hydrogen (secondary N) is 1. The molecule has 1 aromatic rings. The summed E-state index contributed by atoms with van der Waals surface area (Å²) in [5.41, 5.74) is 0.549. The largest absolute Gasteiger partial charge is 0.444 e. The topological polar surface area (TPSA) is 51.2 Å². The lowest BCUT2D eigenvalue weighted by atomic mass is 10.2. The Morgan fingerprint density at radius 1 is 1.44 bits per heavy atom. The molecule has 4 nitrogen and oxygen atoms in total. The van der Waals surface area contributed by atoms with E-state index in [1.54, 1.807) is 6.20 Å². The minimum atomic E-state index is -0.473. The summed E-state index contributed by atoms with van der Waals surface area (Å²) in [6.07, 6.45) is 1.98. The van der Waals surface area contributed by atoms with E-state index in [4.69, 9.17) is 4.74 Å². The van der Waals surface area contributed by atoms with E-state index in [-0.39, 0.29) is 0 Å². The summed E-state index contributed by atoms with van der Waals surface area (Å²) in [7, 11) is 0. The number of pyridine rings is 1. The van der Waals surface area contributed by atoms with Crippen LogP contribution in [0.25, 0.3) is 0 Å². The van der Waals surface area contributed by atoms with Gasteiger partial charge in [-0.1, -0.05) is 15.9 Å². The molecule has 6 heteroatoms. The van der Waals surface area contributed by atoms with Crippen molar-refractivity contribution in [3.8, 4) is 0 Å². The summed E-state index contributed by atoms with van der Waals surface area (Å²) in [4.78, 5) is 15.6. The molecule has 0 saturated carbocycles. The molecule has 1 aromatic heterocycles. The minimum Gasteiger partial charge on any atom is -0.444 e. The Morgan fingerprint density at radius 3 is 2.67 bits per heavy atom. The van der Waals surface area contributed by atoms with Gasteiger partial charge in [-0.25, -0.2) is 9.78 Å². The van der Waals surface area contributed by atoms with Crippen molar-refractivity contribution in [1.29, 1.82) is 0 Å². The van der Waals surface area contributed by atoms with Crippen molar-refractivity contribution in [3.05, 3.63) is 26.9 Å². The molecule has 18 heavy (non-hydrogen) atoms. The molecule has 100 valence electrons. The predicted molar refractivity (Wildman–Crippen MR) is 77.6 cm³/mol. The van der Waals surface area contributed by atoms with Crippen molar-refractivity contribution in [3.63, 3.8) is 0 Å². The second kappa shape index (κ2) is 6.52. The number of ether oxygens (including phenoxy) is 1. The van der Waals surface area contributed by atoms with Gasteiger partial charge in [0.05, 0.1) is 0 Å². The first-order valence-corrected chi connectivity index (χ1v) is 7.14. The molecule has 1 N–H and O–H groups in total. The van der Waals surface area contributed by atoms with Crippen LogP contribution in [0.3, 0.4) is 0 Å². The molecule has 1 heterocycles. The predicted octanol–water partition coefficient (Wildman–Crippen LogP) is 3.67. The Hall–Kier alpha value is -0.620. The fourth-order valence-corrected chi connectivity index (χ4v) is 2.57. The van der Waals surface area contributed by atoms with Gasteiger partial charge >= 0.3 is 6.09 Å². The molecular weight excluding hydrogens is 364 g/mol. The fraction of sp³-hybridized carbons (Fsp3) is 0.500. The number of alkyl carbamates (subject to hydrolysis) is 1. The first-order chi connectivity index (χ1) is 8.29. The number of nitrogens with zero attached hydrogens (tertiary/aromatic N) is 1. The summed E-state index contributed by atoms with van der Waals surface area (Å²) in [6.45, 7) is 6.00. The highest BCUT2D eigenvalue weighted by molar-refractivity contribution is 9.11. The molecule has 0 bridgehead atoms. The lowest BCUT2D eigenvalue weighted by Crippen LogP contribution is -2.33. The van der Waals surface area contributed by atoms with Crippen LogP contribution in [0.4, 0.5) is 4.79 Å². The van der Waals surface area contributed by atoms with Crippen molar-refractivity contribution in [1.82, 2.24) is 10.3 Å². The van der Waals surface area contributed by atoms with Gasteiger partial charge in [0, 0.05) is 22.8 Å². The zero-order valence-electron chi connectivity index (χ0n) is 10.6. The average molecular weight is 380 g/mol. The van der Waals surface area contributed by atoms with Gasteiger partial charge in [-0.15, -0.1) is 0 Å². The molecule has 1 rings (SSSR count). The van der Waals surface area contributed by atoms with E-state index in [0.717, 1.165) is 14.6 Å². The van der Waals surface area contributed by atoms with Gasteiger partial charge in [0.1, 0.15) is 10.2 Å². The SMILES string of the molecule is CC(C)(C)OC(=O)NCCc1c(Br)ccnc1Br. The number of hydrogen-bond acceptors (Lipinski definition) is 3. The quantitative estimate of drug-likeness (QED) is 0.815. The van der Waals surface area contributed by atoms with Crippen molar-refractivity contribution in [2.75, 3.05) is 6.54 Å². The van der Waals surface area contributed by atoms with Crippen LogP contribution >= 0.6 is 31.9 Å². The van der Waals surface area contributed by atoms with Crippen LogP contribution in [0.1, 0.15) is 26.3 Å². The van der Waals surface area contributed by atoms with Gasteiger partial charge in [-0.05, 0) is 49.2 Å². The van der Waals surface area contributed by atoms with Crippen molar-refractivity contribution in [2.45, 2.75) is 32.8 Å². The first kappa shape index (κ1) is 15.4. The number of carbonyl (C=O) groups excluding carboxylic acids is 1. The highest BCUT2D eigenvalue weighted by Gasteiger charge is 2.15. The van der Waals surface area contributed by atoms with E-state index in [9.17, 15) is 4.79 Å². The third-order valence-corrected chi connectivity index (χ3v) is 3.42. The van der Waals surface area contributed by atoms with Crippen LogP contribution in [0.15, 0.2) is 21.3 Å². The van der Waals surface area contributed by atoms with Gasteiger partial charge < -0.3 is 10.1 Å². The van der Waals surface area contributed by atoms with Crippen LogP contribution in [0.2, 0.25) is 0 Å². The zero-order valence-corrected chi connectivity index (χ0v) is 13.8. The Labute approximate surface area is 124 Å². The number of hydrogen-bond donors (Lipinski definition) is 1. The van der Waals surface area contributed by atoms with Gasteiger partial charge in [0.25, 0.3) is 0 Å². The number of amides is 1. The van der Waals surface area contributed by atoms with E-state index in [2.05, 4.69) is 42.2 Å². The normalized spacial score (nSPS) is 11.2. The molecule has 0 radical (unpaired) electrons. The molecule has 0 atom stereocenters. The highest BCUT2D eigenvalue weighted by Crippen LogP contribution is 2.23. The number of halogens is 2. The number of aromatic nitrogens is 1. The van der Waals surface area contributed by atoms with Gasteiger partial charge in [-0.3, -0.25) is 0 Å². The Morgan fingerprint density at radius 2 is 2.11 bits per heavy atom. The third-order valence-electron chi connectivity index (χ3n) is 1.99. The van der Waals surface area contributed by atoms with Crippen molar-refractivity contribution < 1.29 is 9.53 Å². The molecule has 0 aliphatic rings. The first-order valence-electron chi connectivity index (χ1n) is 5.55.